The molecule has 3 aromatic carbocycles. The van der Waals surface area contributed by atoms with Crippen molar-refractivity contribution >= 4 is 21.8 Å². The molecule has 0 aliphatic carbocycles. The van der Waals surface area contributed by atoms with Crippen LogP contribution in [-0.4, -0.2) is 9.97 Å². The number of nitrogens with zero attached hydrogens (tertiary/aromatic N) is 2. The molecule has 146 valence electrons. The number of rotatable bonds is 2. The fourth-order valence-electron chi connectivity index (χ4n) is 4.39. The van der Waals surface area contributed by atoms with Crippen LogP contribution >= 0.6 is 0 Å². The lowest BCUT2D eigenvalue weighted by atomic mass is 9.99. The number of fused-ring (bicyclic) bond motifs is 3. The summed E-state index contributed by atoms with van der Waals surface area (Å²) in [5.74, 6) is 0. The molecule has 0 saturated carbocycles. The van der Waals surface area contributed by atoms with E-state index in [4.69, 9.17) is 9.97 Å². The van der Waals surface area contributed by atoms with Gasteiger partial charge in [0.05, 0.1) is 11.0 Å². The van der Waals surface area contributed by atoms with E-state index in [1.165, 1.54) is 33.4 Å². The van der Waals surface area contributed by atoms with Crippen molar-refractivity contribution in [2.75, 3.05) is 0 Å². The molecule has 0 unspecified atom stereocenters. The lowest BCUT2D eigenvalue weighted by Gasteiger charge is -2.09. The third kappa shape index (κ3) is 3.35. The average molecular weight is 389 g/mol. The van der Waals surface area contributed by atoms with E-state index in [9.17, 15) is 0 Å². The van der Waals surface area contributed by atoms with Crippen molar-refractivity contribution in [1.29, 1.82) is 0 Å². The summed E-state index contributed by atoms with van der Waals surface area (Å²) in [5, 5.41) is 2.23. The Morgan fingerprint density at radius 1 is 0.433 bits per heavy atom. The van der Waals surface area contributed by atoms with Crippen molar-refractivity contribution in [2.45, 2.75) is 27.7 Å². The molecule has 2 nitrogen and oxygen atoms in total. The summed E-state index contributed by atoms with van der Waals surface area (Å²) in [6.45, 7) is 8.54. The Bertz CT molecular complexity index is 1280. The number of benzene rings is 3. The second-order valence-electron chi connectivity index (χ2n) is 8.41. The van der Waals surface area contributed by atoms with Gasteiger partial charge < -0.3 is 0 Å². The molecular weight excluding hydrogens is 364 g/mol. The Morgan fingerprint density at radius 2 is 0.800 bits per heavy atom. The molecule has 0 fully saturated rings. The summed E-state index contributed by atoms with van der Waals surface area (Å²) in [6, 6.07) is 22.0. The Kier molecular flexibility index (Phi) is 4.36. The Labute approximate surface area is 177 Å². The maximum Gasteiger partial charge on any atom is 0.0965 e. The van der Waals surface area contributed by atoms with Gasteiger partial charge in [-0.1, -0.05) is 70.8 Å². The molecule has 0 N–H and O–H groups in total. The quantitative estimate of drug-likeness (QED) is 0.295. The third-order valence-corrected chi connectivity index (χ3v) is 5.61. The zero-order chi connectivity index (χ0) is 20.8. The minimum Gasteiger partial charge on any atom is -0.253 e. The molecule has 0 saturated heterocycles. The van der Waals surface area contributed by atoms with Crippen molar-refractivity contribution < 1.29 is 0 Å². The van der Waals surface area contributed by atoms with Crippen molar-refractivity contribution in [1.82, 2.24) is 9.97 Å². The van der Waals surface area contributed by atoms with Crippen LogP contribution < -0.4 is 0 Å². The molecular formula is C28H24N2. The van der Waals surface area contributed by atoms with Gasteiger partial charge in [0.25, 0.3) is 0 Å². The van der Waals surface area contributed by atoms with Crippen LogP contribution in [0.2, 0.25) is 0 Å². The minimum atomic E-state index is 0.951. The Morgan fingerprint density at radius 3 is 1.17 bits per heavy atom. The van der Waals surface area contributed by atoms with Gasteiger partial charge in [0.1, 0.15) is 0 Å². The highest BCUT2D eigenvalue weighted by atomic mass is 14.7. The van der Waals surface area contributed by atoms with E-state index in [0.717, 1.165) is 32.9 Å². The minimum absolute atomic E-state index is 0.951. The van der Waals surface area contributed by atoms with Crippen molar-refractivity contribution in [3.63, 3.8) is 0 Å². The van der Waals surface area contributed by atoms with Gasteiger partial charge in [0.15, 0.2) is 0 Å². The largest absolute Gasteiger partial charge is 0.253 e. The van der Waals surface area contributed by atoms with Crippen molar-refractivity contribution in [2.24, 2.45) is 0 Å². The molecule has 0 aliphatic heterocycles. The fourth-order valence-corrected chi connectivity index (χ4v) is 4.39. The monoisotopic (exact) mass is 388 g/mol. The molecule has 0 atom stereocenters. The first-order valence-corrected chi connectivity index (χ1v) is 10.3. The summed E-state index contributed by atoms with van der Waals surface area (Å²) in [6.07, 6.45) is 3.94. The van der Waals surface area contributed by atoms with Crippen LogP contribution in [0.5, 0.6) is 0 Å². The van der Waals surface area contributed by atoms with Gasteiger partial charge in [0, 0.05) is 34.3 Å². The Balaban J connectivity index is 1.63. The number of aromatic nitrogens is 2. The first-order chi connectivity index (χ1) is 14.5. The van der Waals surface area contributed by atoms with E-state index in [2.05, 4.69) is 88.4 Å². The molecule has 0 radical (unpaired) electrons. The highest BCUT2D eigenvalue weighted by Crippen LogP contribution is 2.30. The van der Waals surface area contributed by atoms with E-state index in [-0.39, 0.29) is 0 Å². The van der Waals surface area contributed by atoms with Crippen LogP contribution in [0.25, 0.3) is 44.1 Å². The normalized spacial score (nSPS) is 11.3. The van der Waals surface area contributed by atoms with Crippen LogP contribution in [0, 0.1) is 27.7 Å². The molecule has 0 aliphatic rings. The summed E-state index contributed by atoms with van der Waals surface area (Å²) >= 11 is 0. The van der Waals surface area contributed by atoms with Gasteiger partial charge in [-0.2, -0.15) is 0 Å². The number of hydrogen-bond acceptors (Lipinski definition) is 2. The summed E-state index contributed by atoms with van der Waals surface area (Å²) in [5.41, 5.74) is 11.7. The molecule has 2 heterocycles. The topological polar surface area (TPSA) is 25.8 Å². The number of pyridine rings is 2. The van der Waals surface area contributed by atoms with Crippen LogP contribution in [0.15, 0.2) is 73.1 Å². The predicted molar refractivity (Wildman–Crippen MR) is 127 cm³/mol. The second-order valence-corrected chi connectivity index (χ2v) is 8.41. The van der Waals surface area contributed by atoms with Crippen LogP contribution in [-0.2, 0) is 0 Å². The van der Waals surface area contributed by atoms with Gasteiger partial charge in [-0.25, -0.2) is 0 Å². The summed E-state index contributed by atoms with van der Waals surface area (Å²) in [4.78, 5) is 9.63. The van der Waals surface area contributed by atoms with Crippen LogP contribution in [0.4, 0.5) is 0 Å². The van der Waals surface area contributed by atoms with Gasteiger partial charge in [-0.05, 0) is 51.0 Å². The van der Waals surface area contributed by atoms with E-state index in [0.29, 0.717) is 0 Å². The lowest BCUT2D eigenvalue weighted by Crippen LogP contribution is -1.90. The highest BCUT2D eigenvalue weighted by molar-refractivity contribution is 6.04. The molecule has 0 amide bonds. The first kappa shape index (κ1) is 18.5. The van der Waals surface area contributed by atoms with E-state index in [1.54, 1.807) is 0 Å². The van der Waals surface area contributed by atoms with Crippen molar-refractivity contribution in [3.8, 4) is 22.3 Å². The zero-order valence-corrected chi connectivity index (χ0v) is 17.8. The smallest absolute Gasteiger partial charge is 0.0965 e. The molecule has 2 aromatic heterocycles. The highest BCUT2D eigenvalue weighted by Gasteiger charge is 2.09. The van der Waals surface area contributed by atoms with Gasteiger partial charge in [-0.3, -0.25) is 9.97 Å². The number of hydrogen-bond donors (Lipinski definition) is 0. The Hall–Kier alpha value is -3.52. The molecule has 30 heavy (non-hydrogen) atoms. The van der Waals surface area contributed by atoms with Crippen LogP contribution in [0.3, 0.4) is 0 Å². The second kappa shape index (κ2) is 7.07. The van der Waals surface area contributed by atoms with Crippen LogP contribution in [0.1, 0.15) is 22.3 Å². The SMILES string of the molecule is Cc1cc(C)cc(-c2cnc3c(ccc4cc(-c5cc(C)cc(C)c5)cnc43)c2)c1. The maximum atomic E-state index is 4.81. The van der Waals surface area contributed by atoms with Gasteiger partial charge >= 0.3 is 0 Å². The van der Waals surface area contributed by atoms with E-state index < -0.39 is 0 Å². The molecule has 5 aromatic rings. The predicted octanol–water partition coefficient (Wildman–Crippen LogP) is 7.35. The molecule has 5 rings (SSSR count). The fraction of sp³-hybridized carbons (Fsp3) is 0.143. The molecule has 2 heteroatoms. The first-order valence-electron chi connectivity index (χ1n) is 10.3. The summed E-state index contributed by atoms with van der Waals surface area (Å²) in [7, 11) is 0. The molecule has 0 spiro atoms. The average Bonchev–Trinajstić information content (AvgIpc) is 2.71. The zero-order valence-electron chi connectivity index (χ0n) is 17.8. The maximum absolute atomic E-state index is 4.81. The number of aryl methyl sites for hydroxylation is 4. The van der Waals surface area contributed by atoms with Gasteiger partial charge in [-0.15, -0.1) is 0 Å². The van der Waals surface area contributed by atoms with Gasteiger partial charge in [0.2, 0.25) is 0 Å². The van der Waals surface area contributed by atoms with E-state index in [1.807, 2.05) is 12.4 Å². The lowest BCUT2D eigenvalue weighted by molar-refractivity contribution is 1.35. The van der Waals surface area contributed by atoms with Crippen molar-refractivity contribution in [3.05, 3.63) is 95.3 Å². The standard InChI is InChI=1S/C28H24N2/c1-17-7-18(2)10-23(9-17)25-13-21-5-6-22-14-26(16-30-28(22)27(21)29-15-25)24-11-19(3)8-20(4)12-24/h5-16H,1-4H3. The molecule has 0 bridgehead atoms. The third-order valence-electron chi connectivity index (χ3n) is 5.61. The van der Waals surface area contributed by atoms with E-state index >= 15 is 0 Å². The summed E-state index contributed by atoms with van der Waals surface area (Å²) < 4.78 is 0.